The minimum absolute atomic E-state index is 0.240. The lowest BCUT2D eigenvalue weighted by atomic mass is 10.2. The first-order valence-corrected chi connectivity index (χ1v) is 11.5. The van der Waals surface area contributed by atoms with Gasteiger partial charge in [0.1, 0.15) is 10.8 Å². The van der Waals surface area contributed by atoms with Gasteiger partial charge in [-0.3, -0.25) is 4.98 Å². The summed E-state index contributed by atoms with van der Waals surface area (Å²) in [4.78, 5) is 25.3. The molecule has 0 saturated carbocycles. The van der Waals surface area contributed by atoms with Crippen LogP contribution in [0.1, 0.15) is 62.3 Å². The highest BCUT2D eigenvalue weighted by molar-refractivity contribution is 6.30. The highest BCUT2D eigenvalue weighted by Gasteiger charge is 2.23. The molecule has 32 heavy (non-hydrogen) atoms. The van der Waals surface area contributed by atoms with Crippen LogP contribution in [0, 0.1) is 0 Å². The van der Waals surface area contributed by atoms with Gasteiger partial charge in [-0.1, -0.05) is 53.1 Å². The molecule has 1 saturated heterocycles. The Morgan fingerprint density at radius 1 is 1.03 bits per heavy atom. The number of carbonyl (C=O) groups excluding carboxylic acids is 1. The molecule has 1 aliphatic heterocycles. The van der Waals surface area contributed by atoms with Gasteiger partial charge in [0.25, 0.3) is 0 Å². The first-order valence-electron chi connectivity index (χ1n) is 11.2. The Kier molecular flexibility index (Phi) is 18.4. The van der Waals surface area contributed by atoms with Crippen molar-refractivity contribution in [3.8, 4) is 5.88 Å². The Morgan fingerprint density at radius 2 is 1.56 bits per heavy atom. The van der Waals surface area contributed by atoms with E-state index < -0.39 is 5.60 Å². The van der Waals surface area contributed by atoms with E-state index in [1.165, 1.54) is 7.11 Å². The maximum Gasteiger partial charge on any atom is 0.410 e. The summed E-state index contributed by atoms with van der Waals surface area (Å²) < 4.78 is 15.3. The van der Waals surface area contributed by atoms with Crippen LogP contribution in [0.3, 0.4) is 0 Å². The molecule has 0 N–H and O–H groups in total. The van der Waals surface area contributed by atoms with E-state index in [2.05, 4.69) is 15.0 Å². The van der Waals surface area contributed by atoms with Crippen LogP contribution in [0.2, 0.25) is 5.15 Å². The first-order chi connectivity index (χ1) is 15.3. The molecule has 0 spiro atoms. The molecule has 9 heteroatoms. The predicted octanol–water partition coefficient (Wildman–Crippen LogP) is 6.02. The van der Waals surface area contributed by atoms with Crippen molar-refractivity contribution in [1.82, 2.24) is 19.9 Å². The fourth-order valence-electron chi connectivity index (χ4n) is 2.13. The number of rotatable bonds is 1. The number of hydrogen-bond acceptors (Lipinski definition) is 7. The Bertz CT molecular complexity index is 748. The number of morpholine rings is 1. The van der Waals surface area contributed by atoms with Gasteiger partial charge in [0, 0.05) is 31.5 Å². The second-order valence-electron chi connectivity index (χ2n) is 6.46. The molecule has 0 bridgehead atoms. The summed E-state index contributed by atoms with van der Waals surface area (Å²) >= 11 is 5.74. The number of aromatic nitrogens is 3. The third kappa shape index (κ3) is 12.6. The molecular formula is C23H41ClN4O4. The van der Waals surface area contributed by atoms with Crippen molar-refractivity contribution >= 4 is 28.7 Å². The molecule has 2 aromatic heterocycles. The van der Waals surface area contributed by atoms with Crippen molar-refractivity contribution in [3.63, 3.8) is 0 Å². The summed E-state index contributed by atoms with van der Waals surface area (Å²) in [5.41, 5.74) is 0.892. The second kappa shape index (κ2) is 18.4. The quantitative estimate of drug-likeness (QED) is 0.469. The third-order valence-corrected chi connectivity index (χ3v) is 3.44. The number of amides is 1. The normalized spacial score (nSPS) is 12.3. The van der Waals surface area contributed by atoms with Crippen LogP contribution in [0.5, 0.6) is 5.88 Å². The first kappa shape index (κ1) is 32.0. The van der Waals surface area contributed by atoms with Gasteiger partial charge in [0.2, 0.25) is 5.88 Å². The third-order valence-electron chi connectivity index (χ3n) is 3.25. The molecule has 0 aromatic carbocycles. The number of nitrogens with zero attached hydrogens (tertiary/aromatic N) is 4. The Hall–Kier alpha value is -2.19. The number of halogens is 1. The molecule has 1 fully saturated rings. The Morgan fingerprint density at radius 3 is 2.06 bits per heavy atom. The lowest BCUT2D eigenvalue weighted by Gasteiger charge is -2.29. The van der Waals surface area contributed by atoms with Gasteiger partial charge in [-0.15, -0.1) is 0 Å². The van der Waals surface area contributed by atoms with Gasteiger partial charge in [-0.25, -0.2) is 9.78 Å². The molecule has 8 nitrogen and oxygen atoms in total. The zero-order valence-corrected chi connectivity index (χ0v) is 22.1. The van der Waals surface area contributed by atoms with E-state index in [4.69, 9.17) is 25.8 Å². The lowest BCUT2D eigenvalue weighted by molar-refractivity contribution is -0.00677. The minimum atomic E-state index is -0.407. The van der Waals surface area contributed by atoms with E-state index in [1.54, 1.807) is 23.4 Å². The molecule has 184 valence electrons. The van der Waals surface area contributed by atoms with E-state index in [9.17, 15) is 4.79 Å². The Labute approximate surface area is 198 Å². The van der Waals surface area contributed by atoms with Gasteiger partial charge in [0.05, 0.1) is 25.8 Å². The zero-order valence-electron chi connectivity index (χ0n) is 21.4. The number of methoxy groups -OCH3 is 1. The topological polar surface area (TPSA) is 86.7 Å². The second-order valence-corrected chi connectivity index (χ2v) is 6.85. The number of carbonyl (C=O) groups is 1. The van der Waals surface area contributed by atoms with E-state index in [-0.39, 0.29) is 6.09 Å². The zero-order chi connectivity index (χ0) is 25.2. The molecule has 0 radical (unpaired) electrons. The largest absolute Gasteiger partial charge is 0.479 e. The smallest absolute Gasteiger partial charge is 0.410 e. The number of hydrogen-bond donors (Lipinski definition) is 0. The van der Waals surface area contributed by atoms with E-state index >= 15 is 0 Å². The van der Waals surface area contributed by atoms with Crippen molar-refractivity contribution in [2.75, 3.05) is 33.4 Å². The van der Waals surface area contributed by atoms with E-state index in [0.29, 0.717) is 48.4 Å². The predicted molar refractivity (Wildman–Crippen MR) is 132 cm³/mol. The maximum absolute atomic E-state index is 11.5. The molecule has 0 atom stereocenters. The molecule has 0 unspecified atom stereocenters. The molecule has 2 aromatic rings. The van der Waals surface area contributed by atoms with Crippen molar-refractivity contribution in [1.29, 1.82) is 0 Å². The van der Waals surface area contributed by atoms with Crippen LogP contribution < -0.4 is 4.74 Å². The minimum Gasteiger partial charge on any atom is -0.479 e. The number of fused-ring (bicyclic) bond motifs is 1. The fourth-order valence-corrected chi connectivity index (χ4v) is 2.31. The van der Waals surface area contributed by atoms with Crippen molar-refractivity contribution in [3.05, 3.63) is 23.6 Å². The molecule has 1 amide bonds. The summed E-state index contributed by atoms with van der Waals surface area (Å²) in [6, 6.07) is 1.65. The summed E-state index contributed by atoms with van der Waals surface area (Å²) in [6.07, 6.45) is 2.94. The molecule has 0 aliphatic carbocycles. The highest BCUT2D eigenvalue weighted by atomic mass is 35.5. The van der Waals surface area contributed by atoms with Crippen LogP contribution >= 0.6 is 11.6 Å². The van der Waals surface area contributed by atoms with Gasteiger partial charge in [-0.2, -0.15) is 4.98 Å². The monoisotopic (exact) mass is 472 g/mol. The highest BCUT2D eigenvalue weighted by Crippen LogP contribution is 2.22. The number of ether oxygens (including phenoxy) is 3. The van der Waals surface area contributed by atoms with Gasteiger partial charge in [0.15, 0.2) is 5.52 Å². The van der Waals surface area contributed by atoms with Crippen LogP contribution in [0.4, 0.5) is 4.79 Å². The number of pyridine rings is 1. The fraction of sp³-hybridized carbons (Fsp3) is 0.652. The summed E-state index contributed by atoms with van der Waals surface area (Å²) in [7, 11) is 1.52. The average molecular weight is 473 g/mol. The SMILES string of the molecule is CC.CC.CC.CC(C)(C)OC(=O)N1CCOCC1.COc1nc(Cl)cc2nccnc12. The average Bonchev–Trinajstić information content (AvgIpc) is 2.82. The lowest BCUT2D eigenvalue weighted by Crippen LogP contribution is -2.43. The van der Waals surface area contributed by atoms with Gasteiger partial charge in [-0.05, 0) is 20.8 Å². The molecule has 3 rings (SSSR count). The Balaban J connectivity index is 0. The summed E-state index contributed by atoms with van der Waals surface area (Å²) in [6.45, 7) is 20.1. The van der Waals surface area contributed by atoms with Crippen LogP contribution in [0.15, 0.2) is 18.5 Å². The maximum atomic E-state index is 11.5. The molecular weight excluding hydrogens is 432 g/mol. The van der Waals surface area contributed by atoms with E-state index in [0.717, 1.165) is 0 Å². The van der Waals surface area contributed by atoms with Crippen LogP contribution in [0.25, 0.3) is 11.0 Å². The summed E-state index contributed by atoms with van der Waals surface area (Å²) in [5, 5.41) is 0.352. The molecule has 1 aliphatic rings. The summed E-state index contributed by atoms with van der Waals surface area (Å²) in [5.74, 6) is 0.399. The van der Waals surface area contributed by atoms with E-state index in [1.807, 2.05) is 62.3 Å². The van der Waals surface area contributed by atoms with Gasteiger partial charge < -0.3 is 19.1 Å². The van der Waals surface area contributed by atoms with Crippen molar-refractivity contribution in [2.45, 2.75) is 67.9 Å². The standard InChI is InChI=1S/C9H17NO3.C8H6ClN3O.3C2H6/c1-9(2,3)13-8(11)10-4-6-12-7-5-10;1-13-8-7-5(4-6(9)12-8)10-2-3-11-7;3*1-2/h4-7H2,1-3H3;2-4H,1H3;3*1-2H3. The van der Waals surface area contributed by atoms with Crippen molar-refractivity contribution in [2.24, 2.45) is 0 Å². The van der Waals surface area contributed by atoms with Gasteiger partial charge >= 0.3 is 6.09 Å². The van der Waals surface area contributed by atoms with Crippen LogP contribution in [-0.2, 0) is 9.47 Å². The molecule has 3 heterocycles. The van der Waals surface area contributed by atoms with Crippen LogP contribution in [-0.4, -0.2) is 65.0 Å². The van der Waals surface area contributed by atoms with Crippen molar-refractivity contribution < 1.29 is 19.0 Å².